The third-order valence-electron chi connectivity index (χ3n) is 8.04. The minimum atomic E-state index is -0.572. The van der Waals surface area contributed by atoms with Gasteiger partial charge in [0.05, 0.1) is 5.56 Å². The summed E-state index contributed by atoms with van der Waals surface area (Å²) in [4.78, 5) is 18.9. The number of amides is 1. The van der Waals surface area contributed by atoms with Gasteiger partial charge in [-0.2, -0.15) is 0 Å². The van der Waals surface area contributed by atoms with Gasteiger partial charge in [-0.15, -0.1) is 0 Å². The Hall–Kier alpha value is -1.53. The number of rotatable bonds is 4. The summed E-state index contributed by atoms with van der Waals surface area (Å²) in [5, 5.41) is 8.92. The van der Waals surface area contributed by atoms with E-state index in [0.29, 0.717) is 11.6 Å². The molecule has 4 bridgehead atoms. The number of carbonyl (C=O) groups excluding carboxylic acids is 1. The molecule has 0 spiro atoms. The third kappa shape index (κ3) is 2.96. The van der Waals surface area contributed by atoms with Crippen molar-refractivity contribution >= 4 is 5.91 Å². The zero-order valence-electron chi connectivity index (χ0n) is 16.5. The molecular weight excluding hydrogens is 357 g/mol. The molecule has 0 aromatic carbocycles. The Labute approximate surface area is 165 Å². The summed E-state index contributed by atoms with van der Waals surface area (Å²) in [5.41, 5.74) is 4.51. The Kier molecular flexibility index (Phi) is 4.47. The molecule has 2 unspecified atom stereocenters. The Morgan fingerprint density at radius 1 is 1.36 bits per heavy atom. The average molecular weight is 387 g/mol. The van der Waals surface area contributed by atoms with Crippen LogP contribution < -0.4 is 5.48 Å². The summed E-state index contributed by atoms with van der Waals surface area (Å²) in [7, 11) is 0. The highest BCUT2D eigenvalue weighted by Gasteiger charge is 2.56. The van der Waals surface area contributed by atoms with Crippen LogP contribution in [-0.4, -0.2) is 39.8 Å². The lowest BCUT2D eigenvalue weighted by atomic mass is 9.49. The van der Waals surface area contributed by atoms with Crippen molar-refractivity contribution in [3.05, 3.63) is 29.1 Å². The number of alkyl halides is 1. The number of carbonyl (C=O) groups is 1. The van der Waals surface area contributed by atoms with Gasteiger partial charge >= 0.3 is 0 Å². The van der Waals surface area contributed by atoms with Gasteiger partial charge in [-0.3, -0.25) is 19.9 Å². The van der Waals surface area contributed by atoms with Gasteiger partial charge < -0.3 is 0 Å². The fraction of sp³-hybridized carbons (Fsp3) is 0.727. The molecule has 2 N–H and O–H groups in total. The highest BCUT2D eigenvalue weighted by molar-refractivity contribution is 5.93. The van der Waals surface area contributed by atoms with Crippen LogP contribution in [0.15, 0.2) is 12.3 Å². The van der Waals surface area contributed by atoms with E-state index < -0.39 is 12.1 Å². The Bertz CT molecular complexity index is 769. The molecule has 1 amide bonds. The van der Waals surface area contributed by atoms with E-state index in [0.717, 1.165) is 68.8 Å². The Morgan fingerprint density at radius 2 is 2.11 bits per heavy atom. The molecule has 4 fully saturated rings. The number of hydroxylamine groups is 1. The molecule has 1 aromatic rings. The lowest BCUT2D eigenvalue weighted by Crippen LogP contribution is -2.57. The molecule has 1 aliphatic heterocycles. The van der Waals surface area contributed by atoms with Gasteiger partial charge in [-0.05, 0) is 73.3 Å². The van der Waals surface area contributed by atoms with E-state index in [1.165, 1.54) is 6.42 Å². The summed E-state index contributed by atoms with van der Waals surface area (Å²) in [6, 6.07) is 2.32. The van der Waals surface area contributed by atoms with Crippen LogP contribution in [0.25, 0.3) is 0 Å². The average Bonchev–Trinajstić information content (AvgIpc) is 2.69. The van der Waals surface area contributed by atoms with Crippen LogP contribution >= 0.6 is 0 Å². The smallest absolute Gasteiger partial charge is 0.276 e. The molecule has 3 atom stereocenters. The minimum absolute atomic E-state index is 0.275. The lowest BCUT2D eigenvalue weighted by Gasteiger charge is -2.59. The first kappa shape index (κ1) is 18.5. The molecule has 6 rings (SSSR count). The van der Waals surface area contributed by atoms with Gasteiger partial charge in [-0.25, -0.2) is 9.87 Å². The third-order valence-corrected chi connectivity index (χ3v) is 8.04. The molecule has 5 aliphatic rings. The summed E-state index contributed by atoms with van der Waals surface area (Å²) >= 11 is 0. The quantitative estimate of drug-likeness (QED) is 0.613. The molecule has 0 saturated heterocycles. The summed E-state index contributed by atoms with van der Waals surface area (Å²) in [6.45, 7) is 4.05. The minimum Gasteiger partial charge on any atom is -0.295 e. The predicted molar refractivity (Wildman–Crippen MR) is 103 cm³/mol. The van der Waals surface area contributed by atoms with Crippen LogP contribution in [0.3, 0.4) is 0 Å². The van der Waals surface area contributed by atoms with Gasteiger partial charge in [0, 0.05) is 37.4 Å². The zero-order valence-corrected chi connectivity index (χ0v) is 16.5. The van der Waals surface area contributed by atoms with Crippen molar-refractivity contribution < 1.29 is 14.4 Å². The van der Waals surface area contributed by atoms with Crippen molar-refractivity contribution in [2.45, 2.75) is 70.6 Å². The second kappa shape index (κ2) is 6.77. The van der Waals surface area contributed by atoms with E-state index >= 15 is 0 Å². The number of hydrogen-bond acceptors (Lipinski definition) is 4. The molecule has 152 valence electrons. The van der Waals surface area contributed by atoms with E-state index in [-0.39, 0.29) is 17.3 Å². The predicted octanol–water partition coefficient (Wildman–Crippen LogP) is 3.50. The maximum absolute atomic E-state index is 14.6. The summed E-state index contributed by atoms with van der Waals surface area (Å²) in [5.74, 6) is 0.771. The van der Waals surface area contributed by atoms with Crippen molar-refractivity contribution in [3.8, 4) is 0 Å². The number of nitrogens with one attached hydrogen (secondary N) is 1. The largest absolute Gasteiger partial charge is 0.295 e. The highest BCUT2D eigenvalue weighted by atomic mass is 19.1. The molecule has 2 heterocycles. The van der Waals surface area contributed by atoms with Gasteiger partial charge in [-0.1, -0.05) is 6.92 Å². The Morgan fingerprint density at radius 3 is 2.79 bits per heavy atom. The molecule has 4 saturated carbocycles. The first-order chi connectivity index (χ1) is 13.5. The number of halogens is 1. The summed E-state index contributed by atoms with van der Waals surface area (Å²) in [6.07, 6.45) is 8.50. The maximum atomic E-state index is 14.6. The Balaban J connectivity index is 1.39. The van der Waals surface area contributed by atoms with Crippen LogP contribution in [0.4, 0.5) is 4.39 Å². The van der Waals surface area contributed by atoms with Crippen molar-refractivity contribution in [2.24, 2.45) is 23.2 Å². The monoisotopic (exact) mass is 387 g/mol. The number of hydrogen-bond donors (Lipinski definition) is 2. The molecule has 6 heteroatoms. The number of nitrogens with zero attached hydrogens (tertiary/aromatic N) is 2. The molecule has 1 aromatic heterocycles. The van der Waals surface area contributed by atoms with Crippen LogP contribution in [0.2, 0.25) is 0 Å². The second-order valence-corrected chi connectivity index (χ2v) is 9.86. The molecule has 28 heavy (non-hydrogen) atoms. The normalized spacial score (nSPS) is 39.0. The number of pyridine rings is 1. The van der Waals surface area contributed by atoms with Crippen LogP contribution in [0.1, 0.15) is 67.1 Å². The summed E-state index contributed by atoms with van der Waals surface area (Å²) < 4.78 is 14.6. The lowest BCUT2D eigenvalue weighted by molar-refractivity contribution is -0.120. The first-order valence-electron chi connectivity index (χ1n) is 10.8. The van der Waals surface area contributed by atoms with E-state index in [4.69, 9.17) is 5.21 Å². The first-order valence-corrected chi connectivity index (χ1v) is 10.8. The van der Waals surface area contributed by atoms with E-state index in [2.05, 4.69) is 16.8 Å². The van der Waals surface area contributed by atoms with Gasteiger partial charge in [0.1, 0.15) is 6.17 Å². The fourth-order valence-electron chi connectivity index (χ4n) is 7.09. The molecule has 5 nitrogen and oxygen atoms in total. The zero-order chi connectivity index (χ0) is 19.5. The van der Waals surface area contributed by atoms with E-state index in [1.807, 2.05) is 6.07 Å². The molecule has 0 radical (unpaired) electrons. The highest BCUT2D eigenvalue weighted by Crippen LogP contribution is 2.61. The van der Waals surface area contributed by atoms with Gasteiger partial charge in [0.2, 0.25) is 0 Å². The molecular formula is C22H30FN3O2. The standard InChI is InChI=1S/C22H30FN3O2/c1-2-18-6-19-17(5-16(10-24-19)21(27)25-28)11-26(18)12-22-7-13-3-14(8-22)20(23)15(4-13)9-22/h5,10,13-15,18,20,28H,2-4,6-9,11-12H2,1H3,(H,25,27)/t13?,14?,15?,18-,20?,22?/m1/s1. The van der Waals surface area contributed by atoms with E-state index in [1.54, 1.807) is 11.7 Å². The fourth-order valence-corrected chi connectivity index (χ4v) is 7.09. The topological polar surface area (TPSA) is 65.5 Å². The second-order valence-electron chi connectivity index (χ2n) is 9.86. The van der Waals surface area contributed by atoms with E-state index in [9.17, 15) is 9.18 Å². The van der Waals surface area contributed by atoms with Crippen molar-refractivity contribution in [2.75, 3.05) is 6.54 Å². The van der Waals surface area contributed by atoms with Crippen molar-refractivity contribution in [1.29, 1.82) is 0 Å². The van der Waals surface area contributed by atoms with Crippen molar-refractivity contribution in [1.82, 2.24) is 15.4 Å². The van der Waals surface area contributed by atoms with Crippen LogP contribution in [-0.2, 0) is 13.0 Å². The van der Waals surface area contributed by atoms with Crippen LogP contribution in [0.5, 0.6) is 0 Å². The molecule has 4 aliphatic carbocycles. The van der Waals surface area contributed by atoms with Crippen LogP contribution in [0, 0.1) is 23.2 Å². The number of aromatic nitrogens is 1. The van der Waals surface area contributed by atoms with Gasteiger partial charge in [0.25, 0.3) is 5.91 Å². The van der Waals surface area contributed by atoms with Gasteiger partial charge in [0.15, 0.2) is 0 Å². The maximum Gasteiger partial charge on any atom is 0.276 e. The van der Waals surface area contributed by atoms with Crippen molar-refractivity contribution in [3.63, 3.8) is 0 Å². The SMILES string of the molecule is CC[C@@H]1Cc2ncc(C(=O)NO)cc2CN1CC12CC3CC(C1)C(F)C(C3)C2. The number of fused-ring (bicyclic) bond motifs is 1.